The zero-order valence-electron chi connectivity index (χ0n) is 14.3. The third kappa shape index (κ3) is 2.52. The fourth-order valence-electron chi connectivity index (χ4n) is 2.84. The second kappa shape index (κ2) is 5.67. The van der Waals surface area contributed by atoms with Crippen LogP contribution in [0.25, 0.3) is 22.4 Å². The Hall–Kier alpha value is -2.82. The number of benzene rings is 2. The Bertz CT molecular complexity index is 957. The molecule has 0 aliphatic rings. The maximum Gasteiger partial charge on any atom is 0.326 e. The topological polar surface area (TPSA) is 81.1 Å². The number of aliphatic carboxylic acids is 1. The van der Waals surface area contributed by atoms with Crippen molar-refractivity contribution in [3.63, 3.8) is 0 Å². The highest BCUT2D eigenvalue weighted by atomic mass is 16.4. The lowest BCUT2D eigenvalue weighted by Gasteiger charge is -2.15. The molecule has 1 unspecified atom stereocenters. The monoisotopic (exact) mass is 323 g/mol. The van der Waals surface area contributed by atoms with Crippen LogP contribution in [0.3, 0.4) is 0 Å². The third-order valence-corrected chi connectivity index (χ3v) is 4.59. The summed E-state index contributed by atoms with van der Waals surface area (Å²) in [5.74, 6) is -0.273. The SMILES string of the molecule is Cc1cc2nc(-c3ccc(C)c(N)c3)n(C(C)C(=O)O)c2cc1C. The standard InChI is InChI=1S/C19H21N3O2/c1-10-5-6-14(9-15(10)20)18-21-16-7-11(2)12(3)8-17(16)22(18)13(4)19(23)24/h5-9,13H,20H2,1-4H3,(H,23,24). The molecule has 5 heteroatoms. The van der Waals surface area contributed by atoms with Gasteiger partial charge in [0.15, 0.2) is 0 Å². The van der Waals surface area contributed by atoms with Crippen molar-refractivity contribution >= 4 is 22.7 Å². The zero-order valence-corrected chi connectivity index (χ0v) is 14.3. The second-order valence-corrected chi connectivity index (χ2v) is 6.32. The highest BCUT2D eigenvalue weighted by molar-refractivity contribution is 5.85. The van der Waals surface area contributed by atoms with Gasteiger partial charge in [0.05, 0.1) is 11.0 Å². The Balaban J connectivity index is 2.35. The number of imidazole rings is 1. The lowest BCUT2D eigenvalue weighted by atomic mass is 10.1. The molecule has 5 nitrogen and oxygen atoms in total. The van der Waals surface area contributed by atoms with E-state index in [9.17, 15) is 9.90 Å². The number of nitrogens with two attached hydrogens (primary N) is 1. The minimum absolute atomic E-state index is 0.622. The molecule has 0 saturated carbocycles. The van der Waals surface area contributed by atoms with Crippen molar-refractivity contribution in [2.75, 3.05) is 5.73 Å². The summed E-state index contributed by atoms with van der Waals surface area (Å²) in [4.78, 5) is 16.3. The van der Waals surface area contributed by atoms with Crippen molar-refractivity contribution in [3.8, 4) is 11.4 Å². The first-order valence-corrected chi connectivity index (χ1v) is 7.88. The summed E-state index contributed by atoms with van der Waals surface area (Å²) in [5.41, 5.74) is 12.4. The molecular formula is C19H21N3O2. The van der Waals surface area contributed by atoms with E-state index in [0.29, 0.717) is 11.5 Å². The number of carboxylic acids is 1. The van der Waals surface area contributed by atoms with Gasteiger partial charge in [0.1, 0.15) is 11.9 Å². The Labute approximate surface area is 140 Å². The van der Waals surface area contributed by atoms with Gasteiger partial charge in [0, 0.05) is 11.3 Å². The third-order valence-electron chi connectivity index (χ3n) is 4.59. The van der Waals surface area contributed by atoms with Crippen molar-refractivity contribution < 1.29 is 9.90 Å². The summed E-state index contributed by atoms with van der Waals surface area (Å²) in [5, 5.41) is 9.53. The lowest BCUT2D eigenvalue weighted by Crippen LogP contribution is -2.16. The van der Waals surface area contributed by atoms with Crippen LogP contribution < -0.4 is 5.73 Å². The van der Waals surface area contributed by atoms with Crippen LogP contribution >= 0.6 is 0 Å². The first-order valence-electron chi connectivity index (χ1n) is 7.88. The second-order valence-electron chi connectivity index (χ2n) is 6.32. The van der Waals surface area contributed by atoms with Gasteiger partial charge in [0.25, 0.3) is 0 Å². The van der Waals surface area contributed by atoms with Crippen LogP contribution in [0.5, 0.6) is 0 Å². The average molecular weight is 323 g/mol. The number of carbonyl (C=O) groups is 1. The first-order chi connectivity index (χ1) is 11.3. The maximum absolute atomic E-state index is 11.6. The van der Waals surface area contributed by atoms with E-state index >= 15 is 0 Å². The Morgan fingerprint density at radius 2 is 1.79 bits per heavy atom. The summed E-state index contributed by atoms with van der Waals surface area (Å²) < 4.78 is 1.77. The fraction of sp³-hybridized carbons (Fsp3) is 0.263. The molecule has 1 atom stereocenters. The molecule has 124 valence electrons. The molecular weight excluding hydrogens is 302 g/mol. The molecule has 0 aliphatic heterocycles. The molecule has 0 radical (unpaired) electrons. The predicted molar refractivity (Wildman–Crippen MR) is 96.1 cm³/mol. The number of aromatic nitrogens is 2. The zero-order chi connectivity index (χ0) is 17.6. The molecule has 0 bridgehead atoms. The summed E-state index contributed by atoms with van der Waals surface area (Å²) in [6.45, 7) is 7.65. The van der Waals surface area contributed by atoms with E-state index in [-0.39, 0.29) is 0 Å². The first kappa shape index (κ1) is 16.1. The van der Waals surface area contributed by atoms with Crippen LogP contribution in [0.1, 0.15) is 29.7 Å². The van der Waals surface area contributed by atoms with Gasteiger partial charge in [-0.15, -0.1) is 0 Å². The molecule has 0 saturated heterocycles. The number of nitrogens with zero attached hydrogens (tertiary/aromatic N) is 2. The van der Waals surface area contributed by atoms with Gasteiger partial charge in [-0.1, -0.05) is 12.1 Å². The van der Waals surface area contributed by atoms with Gasteiger partial charge >= 0.3 is 5.97 Å². The fourth-order valence-corrected chi connectivity index (χ4v) is 2.84. The smallest absolute Gasteiger partial charge is 0.326 e. The minimum Gasteiger partial charge on any atom is -0.480 e. The minimum atomic E-state index is -0.895. The predicted octanol–water partition coefficient (Wildman–Crippen LogP) is 3.86. The molecule has 0 fully saturated rings. The summed E-state index contributed by atoms with van der Waals surface area (Å²) >= 11 is 0. The summed E-state index contributed by atoms with van der Waals surface area (Å²) in [6.07, 6.45) is 0. The van der Waals surface area contributed by atoms with E-state index < -0.39 is 12.0 Å². The maximum atomic E-state index is 11.6. The molecule has 2 aromatic carbocycles. The number of hydrogen-bond donors (Lipinski definition) is 2. The van der Waals surface area contributed by atoms with Crippen LogP contribution in [0.4, 0.5) is 5.69 Å². The molecule has 0 amide bonds. The Morgan fingerprint density at radius 1 is 1.12 bits per heavy atom. The molecule has 3 aromatic rings. The van der Waals surface area contributed by atoms with E-state index in [1.165, 1.54) is 0 Å². The van der Waals surface area contributed by atoms with E-state index in [0.717, 1.165) is 33.3 Å². The van der Waals surface area contributed by atoms with Gasteiger partial charge in [0.2, 0.25) is 0 Å². The van der Waals surface area contributed by atoms with Gasteiger partial charge in [-0.2, -0.15) is 0 Å². The van der Waals surface area contributed by atoms with E-state index in [4.69, 9.17) is 10.7 Å². The Kier molecular flexibility index (Phi) is 3.79. The lowest BCUT2D eigenvalue weighted by molar-refractivity contribution is -0.140. The quantitative estimate of drug-likeness (QED) is 0.717. The average Bonchev–Trinajstić information content (AvgIpc) is 2.87. The van der Waals surface area contributed by atoms with Crippen LogP contribution in [-0.2, 0) is 4.79 Å². The van der Waals surface area contributed by atoms with Crippen molar-refractivity contribution in [3.05, 3.63) is 47.0 Å². The van der Waals surface area contributed by atoms with Crippen LogP contribution in [-0.4, -0.2) is 20.6 Å². The van der Waals surface area contributed by atoms with Crippen molar-refractivity contribution in [2.24, 2.45) is 0 Å². The summed E-state index contributed by atoms with van der Waals surface area (Å²) in [7, 11) is 0. The van der Waals surface area contributed by atoms with Crippen LogP contribution in [0.2, 0.25) is 0 Å². The van der Waals surface area contributed by atoms with Gasteiger partial charge in [-0.3, -0.25) is 0 Å². The highest BCUT2D eigenvalue weighted by Gasteiger charge is 2.22. The normalized spacial score (nSPS) is 12.5. The van der Waals surface area contributed by atoms with Crippen LogP contribution in [0.15, 0.2) is 30.3 Å². The summed E-state index contributed by atoms with van der Waals surface area (Å²) in [6, 6.07) is 8.97. The largest absolute Gasteiger partial charge is 0.480 e. The number of fused-ring (bicyclic) bond motifs is 1. The van der Waals surface area contributed by atoms with E-state index in [2.05, 4.69) is 0 Å². The Morgan fingerprint density at radius 3 is 2.42 bits per heavy atom. The molecule has 0 aliphatic carbocycles. The number of anilines is 1. The molecule has 3 rings (SSSR count). The number of aryl methyl sites for hydroxylation is 3. The van der Waals surface area contributed by atoms with Crippen molar-refractivity contribution in [1.29, 1.82) is 0 Å². The number of rotatable bonds is 3. The van der Waals surface area contributed by atoms with Gasteiger partial charge < -0.3 is 15.4 Å². The molecule has 1 aromatic heterocycles. The van der Waals surface area contributed by atoms with E-state index in [1.54, 1.807) is 11.5 Å². The van der Waals surface area contributed by atoms with Gasteiger partial charge in [-0.05, 0) is 62.6 Å². The van der Waals surface area contributed by atoms with Gasteiger partial charge in [-0.25, -0.2) is 9.78 Å². The molecule has 0 spiro atoms. The molecule has 24 heavy (non-hydrogen) atoms. The number of carboxylic acid groups (broad SMARTS) is 1. The van der Waals surface area contributed by atoms with E-state index in [1.807, 2.05) is 51.1 Å². The highest BCUT2D eigenvalue weighted by Crippen LogP contribution is 2.31. The molecule has 1 heterocycles. The van der Waals surface area contributed by atoms with Crippen LogP contribution in [0, 0.1) is 20.8 Å². The number of hydrogen-bond acceptors (Lipinski definition) is 3. The van der Waals surface area contributed by atoms with Crippen molar-refractivity contribution in [1.82, 2.24) is 9.55 Å². The van der Waals surface area contributed by atoms with Crippen molar-refractivity contribution in [2.45, 2.75) is 33.7 Å². The number of nitrogen functional groups attached to an aromatic ring is 1. The molecule has 3 N–H and O–H groups in total.